The van der Waals surface area contributed by atoms with Gasteiger partial charge in [-0.05, 0) is 79.7 Å². The van der Waals surface area contributed by atoms with E-state index in [4.69, 9.17) is 4.42 Å². The van der Waals surface area contributed by atoms with Gasteiger partial charge < -0.3 is 15.1 Å². The molecule has 6 nitrogen and oxygen atoms in total. The Morgan fingerprint density at radius 1 is 1.00 bits per heavy atom. The first-order chi connectivity index (χ1) is 14.6. The summed E-state index contributed by atoms with van der Waals surface area (Å²) < 4.78 is 8.82. The van der Waals surface area contributed by atoms with E-state index in [9.17, 15) is 9.59 Å². The molecule has 7 heteroatoms. The Morgan fingerprint density at radius 3 is 2.43 bits per heavy atom. The average molecular weight is 426 g/mol. The Balaban J connectivity index is 1.27. The Labute approximate surface area is 180 Å². The Kier molecular flexibility index (Phi) is 5.23. The number of urea groups is 1. The van der Waals surface area contributed by atoms with E-state index in [1.807, 2.05) is 6.07 Å². The molecule has 158 valence electrons. The lowest BCUT2D eigenvalue weighted by molar-refractivity contribution is -0.119. The van der Waals surface area contributed by atoms with Crippen molar-refractivity contribution in [3.63, 3.8) is 0 Å². The number of hydrogen-bond donors (Lipinski definition) is 3. The van der Waals surface area contributed by atoms with Gasteiger partial charge >= 0.3 is 6.03 Å². The third-order valence-electron chi connectivity index (χ3n) is 6.42. The number of hydrogen-bond acceptors (Lipinski definition) is 4. The molecule has 0 saturated carbocycles. The van der Waals surface area contributed by atoms with Gasteiger partial charge in [0, 0.05) is 36.5 Å². The number of amides is 3. The van der Waals surface area contributed by atoms with Crippen molar-refractivity contribution < 1.29 is 14.0 Å². The highest BCUT2D eigenvalue weighted by Gasteiger charge is 2.27. The Bertz CT molecular complexity index is 981. The number of rotatable bonds is 4. The molecule has 0 saturated heterocycles. The summed E-state index contributed by atoms with van der Waals surface area (Å²) in [5.41, 5.74) is 7.52. The van der Waals surface area contributed by atoms with Crippen LogP contribution in [-0.4, -0.2) is 11.9 Å². The van der Waals surface area contributed by atoms with Crippen LogP contribution in [0.25, 0.3) is 0 Å². The van der Waals surface area contributed by atoms with Crippen molar-refractivity contribution in [1.82, 2.24) is 10.0 Å². The molecule has 0 bridgehead atoms. The molecule has 0 spiro atoms. The highest BCUT2D eigenvalue weighted by atomic mass is 32.2. The Morgan fingerprint density at radius 2 is 1.73 bits per heavy atom. The van der Waals surface area contributed by atoms with Crippen LogP contribution in [0.3, 0.4) is 0 Å². The third kappa shape index (κ3) is 3.71. The smallest absolute Gasteiger partial charge is 0.329 e. The number of aryl methyl sites for hydroxylation is 3. The standard InChI is InChI=1S/C23H27N3O3S/c1-13(27)24-19-9-4-10-20-18(19)12-21(29-20)30-26-23(28)25-22-16-7-2-5-14(16)11-15-6-3-8-17(15)22/h11-12,19H,2-10H2,1H3,(H,24,27)(H2,25,26,28). The zero-order chi connectivity index (χ0) is 20.7. The van der Waals surface area contributed by atoms with E-state index in [2.05, 4.69) is 21.4 Å². The molecule has 1 atom stereocenters. The highest BCUT2D eigenvalue weighted by molar-refractivity contribution is 7.97. The maximum absolute atomic E-state index is 12.7. The number of carbonyl (C=O) groups excluding carboxylic acids is 2. The molecule has 5 rings (SSSR count). The number of benzene rings is 1. The molecular formula is C23H27N3O3S. The van der Waals surface area contributed by atoms with Crippen LogP contribution in [0.4, 0.5) is 10.5 Å². The summed E-state index contributed by atoms with van der Waals surface area (Å²) in [5.74, 6) is 0.868. The van der Waals surface area contributed by atoms with E-state index in [0.717, 1.165) is 74.8 Å². The molecule has 0 fully saturated rings. The SMILES string of the molecule is CC(=O)NC1CCCc2oc(SNC(=O)Nc3c4c(cc5c3CCC5)CCC4)cc21. The molecule has 1 heterocycles. The molecule has 0 aliphatic heterocycles. The van der Waals surface area contributed by atoms with Crippen molar-refractivity contribution in [2.24, 2.45) is 0 Å². The van der Waals surface area contributed by atoms with E-state index >= 15 is 0 Å². The number of anilines is 1. The lowest BCUT2D eigenvalue weighted by atomic mass is 9.93. The fourth-order valence-corrected chi connectivity index (χ4v) is 5.75. The number of furan rings is 1. The zero-order valence-corrected chi connectivity index (χ0v) is 18.0. The predicted molar refractivity (Wildman–Crippen MR) is 117 cm³/mol. The first kappa shape index (κ1) is 19.5. The summed E-state index contributed by atoms with van der Waals surface area (Å²) in [5, 5.41) is 6.78. The number of nitrogens with one attached hydrogen (secondary N) is 3. The van der Waals surface area contributed by atoms with Gasteiger partial charge in [0.25, 0.3) is 0 Å². The monoisotopic (exact) mass is 425 g/mol. The fraction of sp³-hybridized carbons (Fsp3) is 0.478. The zero-order valence-electron chi connectivity index (χ0n) is 17.2. The van der Waals surface area contributed by atoms with Gasteiger partial charge in [-0.25, -0.2) is 4.79 Å². The van der Waals surface area contributed by atoms with Gasteiger partial charge in [0.2, 0.25) is 5.91 Å². The molecule has 0 radical (unpaired) electrons. The molecule has 3 aliphatic rings. The van der Waals surface area contributed by atoms with Gasteiger partial charge in [-0.2, -0.15) is 0 Å². The maximum Gasteiger partial charge on any atom is 0.329 e. The van der Waals surface area contributed by atoms with Crippen molar-refractivity contribution in [2.75, 3.05) is 5.32 Å². The first-order valence-electron chi connectivity index (χ1n) is 10.9. The first-order valence-corrected chi connectivity index (χ1v) is 11.7. The fourth-order valence-electron chi connectivity index (χ4n) is 5.18. The quantitative estimate of drug-likeness (QED) is 0.625. The highest BCUT2D eigenvalue weighted by Crippen LogP contribution is 2.39. The van der Waals surface area contributed by atoms with Crippen molar-refractivity contribution in [3.05, 3.63) is 45.7 Å². The largest absolute Gasteiger partial charge is 0.453 e. The van der Waals surface area contributed by atoms with Crippen LogP contribution in [-0.2, 0) is 36.9 Å². The minimum Gasteiger partial charge on any atom is -0.453 e. The second kappa shape index (κ2) is 8.02. The molecule has 1 unspecified atom stereocenters. The van der Waals surface area contributed by atoms with E-state index in [-0.39, 0.29) is 18.0 Å². The second-order valence-electron chi connectivity index (χ2n) is 8.48. The van der Waals surface area contributed by atoms with Gasteiger partial charge in [-0.1, -0.05) is 6.07 Å². The average Bonchev–Trinajstić information content (AvgIpc) is 3.44. The normalized spacial score (nSPS) is 19.0. The van der Waals surface area contributed by atoms with Crippen LogP contribution in [0.15, 0.2) is 21.6 Å². The summed E-state index contributed by atoms with van der Waals surface area (Å²) in [6.45, 7) is 1.53. The van der Waals surface area contributed by atoms with Crippen molar-refractivity contribution in [2.45, 2.75) is 75.8 Å². The summed E-state index contributed by atoms with van der Waals surface area (Å²) in [4.78, 5) is 24.2. The van der Waals surface area contributed by atoms with Gasteiger partial charge in [0.15, 0.2) is 5.09 Å². The molecule has 1 aromatic heterocycles. The Hall–Kier alpha value is -2.41. The van der Waals surface area contributed by atoms with Crippen LogP contribution >= 0.6 is 11.9 Å². The molecule has 3 aliphatic carbocycles. The summed E-state index contributed by atoms with van der Waals surface area (Å²) in [7, 11) is 0. The van der Waals surface area contributed by atoms with Crippen molar-refractivity contribution in [1.29, 1.82) is 0 Å². The molecule has 3 amide bonds. The topological polar surface area (TPSA) is 83.4 Å². The lowest BCUT2D eigenvalue weighted by Gasteiger charge is -2.21. The van der Waals surface area contributed by atoms with Gasteiger partial charge in [-0.15, -0.1) is 0 Å². The lowest BCUT2D eigenvalue weighted by Crippen LogP contribution is -2.28. The predicted octanol–water partition coefficient (Wildman–Crippen LogP) is 4.60. The van der Waals surface area contributed by atoms with E-state index < -0.39 is 0 Å². The van der Waals surface area contributed by atoms with Crippen LogP contribution in [0, 0.1) is 0 Å². The summed E-state index contributed by atoms with van der Waals surface area (Å²) in [6, 6.07) is 4.08. The molecular weight excluding hydrogens is 398 g/mol. The van der Waals surface area contributed by atoms with Crippen LogP contribution in [0.5, 0.6) is 0 Å². The molecule has 3 N–H and O–H groups in total. The minimum atomic E-state index is -0.220. The number of carbonyl (C=O) groups is 2. The summed E-state index contributed by atoms with van der Waals surface area (Å²) in [6.07, 6.45) is 9.39. The summed E-state index contributed by atoms with van der Waals surface area (Å²) >= 11 is 1.19. The number of fused-ring (bicyclic) bond motifs is 3. The van der Waals surface area contributed by atoms with Gasteiger partial charge in [-0.3, -0.25) is 9.52 Å². The molecule has 1 aromatic carbocycles. The van der Waals surface area contributed by atoms with Crippen molar-refractivity contribution >= 4 is 29.6 Å². The van der Waals surface area contributed by atoms with Gasteiger partial charge in [0.05, 0.1) is 6.04 Å². The van der Waals surface area contributed by atoms with Gasteiger partial charge in [0.1, 0.15) is 5.76 Å². The second-order valence-corrected chi connectivity index (χ2v) is 9.29. The van der Waals surface area contributed by atoms with Crippen LogP contribution in [0.2, 0.25) is 0 Å². The third-order valence-corrected chi connectivity index (χ3v) is 7.11. The molecule has 30 heavy (non-hydrogen) atoms. The van der Waals surface area contributed by atoms with E-state index in [1.54, 1.807) is 0 Å². The van der Waals surface area contributed by atoms with Crippen LogP contribution < -0.4 is 15.4 Å². The van der Waals surface area contributed by atoms with E-state index in [1.165, 1.54) is 41.1 Å². The maximum atomic E-state index is 12.7. The van der Waals surface area contributed by atoms with Crippen molar-refractivity contribution in [3.8, 4) is 0 Å². The van der Waals surface area contributed by atoms with E-state index in [0.29, 0.717) is 5.09 Å². The van der Waals surface area contributed by atoms with Crippen LogP contribution in [0.1, 0.15) is 72.2 Å². The molecule has 2 aromatic rings. The minimum absolute atomic E-state index is 0.00679.